The first-order valence-electron chi connectivity index (χ1n) is 32.6. The maximum absolute atomic E-state index is 15.1. The minimum atomic E-state index is -1.56. The first-order chi connectivity index (χ1) is 42.6. The third-order valence-corrected chi connectivity index (χ3v) is 16.8. The average molecular weight is 1310 g/mol. The molecular weight excluding hydrogens is 1190 g/mol. The summed E-state index contributed by atoms with van der Waals surface area (Å²) in [5.41, 5.74) is 0. The first-order valence-corrected chi connectivity index (χ1v) is 32.6. The molecule has 0 bridgehead atoms. The van der Waals surface area contributed by atoms with E-state index in [1.54, 1.807) is 74.6 Å². The van der Waals surface area contributed by atoms with Gasteiger partial charge in [-0.05, 0) is 102 Å². The van der Waals surface area contributed by atoms with Crippen molar-refractivity contribution in [3.8, 4) is 0 Å². The van der Waals surface area contributed by atoms with E-state index in [0.717, 1.165) is 11.8 Å². The molecule has 0 spiro atoms. The molecule has 92 heavy (non-hydrogen) atoms. The fourth-order valence-corrected chi connectivity index (χ4v) is 11.4. The summed E-state index contributed by atoms with van der Waals surface area (Å²) in [4.78, 5) is 177. The largest absolute Gasteiger partial charge is 0.480 e. The van der Waals surface area contributed by atoms with E-state index in [1.165, 1.54) is 87.7 Å². The second-order valence-electron chi connectivity index (χ2n) is 26.7. The Bertz CT molecular complexity index is 2490. The van der Waals surface area contributed by atoms with Gasteiger partial charge in [-0.2, -0.15) is 0 Å². The number of carbonyl (C=O) groups excluding carboxylic acids is 11. The smallest absolute Gasteiger partial charge is 0.326 e. The topological polar surface area (TPSA) is 323 Å². The molecule has 528 valence electrons. The van der Waals surface area contributed by atoms with Crippen LogP contribution in [0.5, 0.6) is 0 Å². The van der Waals surface area contributed by atoms with Crippen LogP contribution in [0.15, 0.2) is 12.2 Å². The summed E-state index contributed by atoms with van der Waals surface area (Å²) >= 11 is 0. The van der Waals surface area contributed by atoms with Crippen LogP contribution >= 0.6 is 0 Å². The molecule has 6 N–H and O–H groups in total. The molecule has 0 aromatic carbocycles. The van der Waals surface area contributed by atoms with E-state index in [4.69, 9.17) is 9.47 Å². The number of ether oxygens (including phenoxy) is 2. The Kier molecular flexibility index (Phi) is 37.5. The van der Waals surface area contributed by atoms with Crippen molar-refractivity contribution in [2.75, 3.05) is 63.1 Å². The van der Waals surface area contributed by atoms with Gasteiger partial charge >= 0.3 is 11.9 Å². The van der Waals surface area contributed by atoms with Gasteiger partial charge < -0.3 is 70.6 Å². The minimum absolute atomic E-state index is 0.00194. The number of likely N-dealkylation sites (N-methyl/N-ethyl adjacent to an activating group) is 7. The summed E-state index contributed by atoms with van der Waals surface area (Å²) in [6, 6.07) is -12.9. The van der Waals surface area contributed by atoms with Crippen molar-refractivity contribution >= 4 is 71.0 Å². The molecule has 0 saturated heterocycles. The number of nitrogens with zero attached hydrogens (tertiary/aromatic N) is 6. The fourth-order valence-electron chi connectivity index (χ4n) is 11.4. The lowest BCUT2D eigenvalue weighted by atomic mass is 9.91. The van der Waals surface area contributed by atoms with Crippen molar-refractivity contribution in [1.82, 2.24) is 56.0 Å². The molecule has 0 aliphatic carbocycles. The summed E-state index contributed by atoms with van der Waals surface area (Å²) < 4.78 is 11.1. The molecule has 0 aromatic heterocycles. The summed E-state index contributed by atoms with van der Waals surface area (Å²) in [6.45, 7) is 30.9. The highest BCUT2D eigenvalue weighted by Gasteiger charge is 2.47. The number of methoxy groups -OCH3 is 1. The van der Waals surface area contributed by atoms with Crippen LogP contribution in [-0.4, -0.2) is 241 Å². The fraction of sp³-hybridized carbons (Fsp3) is 0.788. The molecule has 10 amide bonds. The van der Waals surface area contributed by atoms with E-state index < -0.39 is 161 Å². The van der Waals surface area contributed by atoms with E-state index >= 15 is 14.4 Å². The number of carbonyl (C=O) groups is 12. The monoisotopic (exact) mass is 1310 g/mol. The Labute approximate surface area is 549 Å². The van der Waals surface area contributed by atoms with Crippen molar-refractivity contribution < 1.29 is 72.1 Å². The number of nitrogens with one attached hydrogen (secondary N) is 5. The Balaban J connectivity index is 7.08. The predicted molar refractivity (Wildman–Crippen MR) is 353 cm³/mol. The molecule has 0 saturated carbocycles. The SMILES string of the molecule is C/C=C/C[C@@H](C)[C@@H](OC(C)=O)[C@@H](C(=O)N[C@@H](CC)C(=O)O)N(C)C(=O)[C@H](C(C)C)N(C)C(=O)[C@H](CC(C)C)N(C)C(=O)[C@H](CC(C)C)N(C)C(=O)[C@@H](C)NC(=O)[C@H](C)NC(=O)[C@H](CC(C)C)N(C)C(=O)[C@@H](NC(=O)[C@H]([C@H](C)COC)N(C)C(=O)[C@H](CC)NC)C(C)C. The maximum Gasteiger partial charge on any atom is 0.326 e. The number of aliphatic carboxylic acids is 1. The van der Waals surface area contributed by atoms with Gasteiger partial charge in [-0.3, -0.25) is 52.7 Å². The van der Waals surface area contributed by atoms with Crippen LogP contribution in [0, 0.1) is 41.4 Å². The average Bonchev–Trinajstić information content (AvgIpc) is 0.949. The summed E-state index contributed by atoms with van der Waals surface area (Å²) in [6.07, 6.45) is 3.50. The number of esters is 1. The number of carboxylic acid groups (broad SMARTS) is 1. The first kappa shape index (κ1) is 85.3. The quantitative estimate of drug-likeness (QED) is 0.0376. The number of hydrogen-bond donors (Lipinski definition) is 6. The summed E-state index contributed by atoms with van der Waals surface area (Å²) in [5.74, 6) is -11.2. The van der Waals surface area contributed by atoms with E-state index in [0.29, 0.717) is 12.8 Å². The van der Waals surface area contributed by atoms with Crippen LogP contribution in [-0.2, 0) is 67.0 Å². The molecule has 0 radical (unpaired) electrons. The van der Waals surface area contributed by atoms with Gasteiger partial charge in [0.1, 0.15) is 66.5 Å². The van der Waals surface area contributed by atoms with Crippen molar-refractivity contribution in [3.05, 3.63) is 12.2 Å². The maximum atomic E-state index is 15.1. The number of carboxylic acids is 1. The Morgan fingerprint density at radius 1 is 0.467 bits per heavy atom. The van der Waals surface area contributed by atoms with Gasteiger partial charge in [0.2, 0.25) is 59.1 Å². The zero-order valence-corrected chi connectivity index (χ0v) is 60.4. The molecule has 0 rings (SSSR count). The summed E-state index contributed by atoms with van der Waals surface area (Å²) in [5, 5.41) is 23.6. The third-order valence-electron chi connectivity index (χ3n) is 16.8. The van der Waals surface area contributed by atoms with Crippen LogP contribution in [0.25, 0.3) is 0 Å². The highest BCUT2D eigenvalue weighted by molar-refractivity contribution is 5.99. The highest BCUT2D eigenvalue weighted by Crippen LogP contribution is 2.27. The Hall–Kier alpha value is -6.70. The zero-order chi connectivity index (χ0) is 71.7. The van der Waals surface area contributed by atoms with Gasteiger partial charge in [0.25, 0.3) is 0 Å². The van der Waals surface area contributed by atoms with E-state index in [1.807, 2.05) is 48.5 Å². The molecule has 26 heteroatoms. The molecule has 0 aliphatic rings. The van der Waals surface area contributed by atoms with Gasteiger partial charge in [-0.1, -0.05) is 109 Å². The van der Waals surface area contributed by atoms with Gasteiger partial charge in [0.15, 0.2) is 0 Å². The zero-order valence-electron chi connectivity index (χ0n) is 60.4. The molecule has 0 unspecified atom stereocenters. The molecule has 0 aromatic rings. The number of amides is 10. The second-order valence-corrected chi connectivity index (χ2v) is 26.7. The normalized spacial score (nSPS) is 16.3. The van der Waals surface area contributed by atoms with E-state index in [9.17, 15) is 48.3 Å². The van der Waals surface area contributed by atoms with Crippen molar-refractivity contribution in [2.24, 2.45) is 41.4 Å². The van der Waals surface area contributed by atoms with Crippen LogP contribution in [0.4, 0.5) is 0 Å². The summed E-state index contributed by atoms with van der Waals surface area (Å²) in [7, 11) is 11.7. The predicted octanol–water partition coefficient (Wildman–Crippen LogP) is 3.69. The van der Waals surface area contributed by atoms with Crippen molar-refractivity contribution in [1.29, 1.82) is 0 Å². The van der Waals surface area contributed by atoms with Crippen LogP contribution in [0.2, 0.25) is 0 Å². The molecule has 26 nitrogen and oxygen atoms in total. The Morgan fingerprint density at radius 2 is 0.902 bits per heavy atom. The standard InChI is InChI=1S/C66H119N11O15/c1-27-30-31-41(14)55(92-45(18)78)54(59(82)70-47(29-3)66(89)90)77(25)65(88)52(40(12)13)75(23)63(86)50(34-38(8)9)74(22)62(85)49(33-37(6)7)73(21)60(83)44(17)69-56(79)43(16)68-57(80)48(32-36(4)5)72(20)64(87)51(39(10)11)71-58(81)53(42(15)35-91-26)76(24)61(84)46(28-2)67-19/h27,30,36-44,46-55,67H,28-29,31-35H2,1-26H3,(H,68,80)(H,69,79)(H,70,82)(H,71,81)(H,89,90)/b30-27+/t41-,42-,43+,44-,46+,47+,48+,49+,50+,51+,52+,53+,54+,55-/m1/s1. The molecule has 0 heterocycles. The second kappa shape index (κ2) is 40.4. The molecule has 14 atom stereocenters. The number of hydrogen-bond acceptors (Lipinski definition) is 15. The lowest BCUT2D eigenvalue weighted by Crippen LogP contribution is -2.63. The highest BCUT2D eigenvalue weighted by atomic mass is 16.5. The van der Waals surface area contributed by atoms with Gasteiger partial charge in [0, 0.05) is 62.2 Å². The number of rotatable bonds is 40. The molecule has 0 fully saturated rings. The minimum Gasteiger partial charge on any atom is -0.480 e. The molecule has 0 aliphatic heterocycles. The van der Waals surface area contributed by atoms with Gasteiger partial charge in [0.05, 0.1) is 12.6 Å². The van der Waals surface area contributed by atoms with Crippen molar-refractivity contribution in [2.45, 2.75) is 236 Å². The van der Waals surface area contributed by atoms with Gasteiger partial charge in [-0.15, -0.1) is 0 Å². The van der Waals surface area contributed by atoms with Crippen molar-refractivity contribution in [3.63, 3.8) is 0 Å². The van der Waals surface area contributed by atoms with Crippen LogP contribution in [0.3, 0.4) is 0 Å². The Morgan fingerprint density at radius 3 is 1.33 bits per heavy atom. The lowest BCUT2D eigenvalue weighted by Gasteiger charge is -2.42. The lowest BCUT2D eigenvalue weighted by molar-refractivity contribution is -0.164. The molecular formula is C66H119N11O15. The van der Waals surface area contributed by atoms with E-state index in [2.05, 4.69) is 26.6 Å². The van der Waals surface area contributed by atoms with Crippen LogP contribution in [0.1, 0.15) is 163 Å². The third kappa shape index (κ3) is 25.0. The van der Waals surface area contributed by atoms with E-state index in [-0.39, 0.29) is 56.0 Å². The van der Waals surface area contributed by atoms with Gasteiger partial charge in [-0.25, -0.2) is 4.79 Å². The van der Waals surface area contributed by atoms with Crippen LogP contribution < -0.4 is 26.6 Å². The number of allylic oxidation sites excluding steroid dienone is 2.